The molecule has 1 aromatic carbocycles. The smallest absolute Gasteiger partial charge is 0.116 e. The molecule has 2 N–H and O–H groups in total. The Balaban J connectivity index is 3.20. The zero-order chi connectivity index (χ0) is 8.97. The van der Waals surface area contributed by atoms with Gasteiger partial charge >= 0.3 is 0 Å². The van der Waals surface area contributed by atoms with E-state index in [0.29, 0.717) is 5.69 Å². The summed E-state index contributed by atoms with van der Waals surface area (Å²) in [6, 6.07) is 4.69. The summed E-state index contributed by atoms with van der Waals surface area (Å²) in [5, 5.41) is 12.4. The second-order valence-corrected chi connectivity index (χ2v) is 2.87. The van der Waals surface area contributed by atoms with Crippen LogP contribution in [0.3, 0.4) is 0 Å². The van der Waals surface area contributed by atoms with Gasteiger partial charge in [0, 0.05) is 5.56 Å². The Morgan fingerprint density at radius 3 is 2.83 bits per heavy atom. The Labute approximate surface area is 83.8 Å². The Kier molecular flexibility index (Phi) is 3.21. The summed E-state index contributed by atoms with van der Waals surface area (Å²) in [4.78, 5) is 0. The number of nitrogens with one attached hydrogen (secondary N) is 1. The average Bonchev–Trinajstić information content (AvgIpc) is 2.05. The molecule has 0 saturated heterocycles. The number of hydrogen-bond acceptors (Lipinski definition) is 3. The van der Waals surface area contributed by atoms with Crippen molar-refractivity contribution in [2.45, 2.75) is 0 Å². The molecule has 0 bridgehead atoms. The molecule has 0 radical (unpaired) electrons. The standard InChI is InChI=1S/C8H7IN2O/c9-4-3-6-5-7(12)1-2-8(6)11-10/h1-5,10,12H/b4-3-,11-10?. The molecule has 0 spiro atoms. The number of hydrogen-bond donors (Lipinski definition) is 2. The van der Waals surface area contributed by atoms with Crippen LogP contribution >= 0.6 is 22.6 Å². The van der Waals surface area contributed by atoms with E-state index in [4.69, 9.17) is 10.6 Å². The number of aromatic hydroxyl groups is 1. The fourth-order valence-electron chi connectivity index (χ4n) is 0.845. The first-order valence-corrected chi connectivity index (χ1v) is 4.49. The largest absolute Gasteiger partial charge is 0.508 e. The van der Waals surface area contributed by atoms with Crippen molar-refractivity contribution in [2.75, 3.05) is 0 Å². The van der Waals surface area contributed by atoms with Gasteiger partial charge in [-0.05, 0) is 28.4 Å². The third-order valence-electron chi connectivity index (χ3n) is 1.37. The molecule has 0 aromatic heterocycles. The number of benzene rings is 1. The van der Waals surface area contributed by atoms with Crippen LogP contribution in [0.1, 0.15) is 5.56 Å². The molecule has 0 atom stereocenters. The highest BCUT2D eigenvalue weighted by atomic mass is 127. The lowest BCUT2D eigenvalue weighted by atomic mass is 10.2. The van der Waals surface area contributed by atoms with Crippen molar-refractivity contribution in [1.82, 2.24) is 0 Å². The molecule has 3 nitrogen and oxygen atoms in total. The van der Waals surface area contributed by atoms with E-state index in [1.807, 2.05) is 0 Å². The third-order valence-corrected chi connectivity index (χ3v) is 1.73. The van der Waals surface area contributed by atoms with Gasteiger partial charge in [0.1, 0.15) is 5.75 Å². The molecule has 4 heteroatoms. The maximum Gasteiger partial charge on any atom is 0.116 e. The van der Waals surface area contributed by atoms with E-state index in [0.717, 1.165) is 5.56 Å². The summed E-state index contributed by atoms with van der Waals surface area (Å²) in [6.07, 6.45) is 1.79. The Morgan fingerprint density at radius 2 is 2.25 bits per heavy atom. The van der Waals surface area contributed by atoms with Gasteiger partial charge in [0.2, 0.25) is 0 Å². The number of halogens is 1. The Morgan fingerprint density at radius 1 is 1.50 bits per heavy atom. The predicted molar refractivity (Wildman–Crippen MR) is 56.0 cm³/mol. The van der Waals surface area contributed by atoms with E-state index in [9.17, 15) is 0 Å². The zero-order valence-corrected chi connectivity index (χ0v) is 8.32. The maximum absolute atomic E-state index is 9.12. The predicted octanol–water partition coefficient (Wildman–Crippen LogP) is 3.46. The lowest BCUT2D eigenvalue weighted by Gasteiger charge is -1.98. The van der Waals surface area contributed by atoms with E-state index in [-0.39, 0.29) is 5.75 Å². The van der Waals surface area contributed by atoms with Crippen molar-refractivity contribution in [2.24, 2.45) is 5.11 Å². The Bertz CT molecular complexity index is 323. The highest BCUT2D eigenvalue weighted by Crippen LogP contribution is 2.25. The van der Waals surface area contributed by atoms with Gasteiger partial charge in [0.15, 0.2) is 0 Å². The molecule has 1 rings (SSSR count). The molecule has 12 heavy (non-hydrogen) atoms. The summed E-state index contributed by atoms with van der Waals surface area (Å²) in [5.74, 6) is 0.187. The molecule has 0 aliphatic heterocycles. The van der Waals surface area contributed by atoms with Crippen molar-refractivity contribution in [3.63, 3.8) is 0 Å². The van der Waals surface area contributed by atoms with Gasteiger partial charge < -0.3 is 5.11 Å². The van der Waals surface area contributed by atoms with Crippen molar-refractivity contribution < 1.29 is 5.11 Å². The quantitative estimate of drug-likeness (QED) is 0.629. The lowest BCUT2D eigenvalue weighted by molar-refractivity contribution is 0.475. The summed E-state index contributed by atoms with van der Waals surface area (Å²) in [6.45, 7) is 0. The lowest BCUT2D eigenvalue weighted by Crippen LogP contribution is -1.72. The molecule has 0 aliphatic rings. The molecule has 1 aromatic rings. The molecule has 0 amide bonds. The second-order valence-electron chi connectivity index (χ2n) is 2.15. The van der Waals surface area contributed by atoms with Crippen LogP contribution in [0.25, 0.3) is 6.08 Å². The van der Waals surface area contributed by atoms with Gasteiger partial charge in [-0.3, -0.25) is 0 Å². The van der Waals surface area contributed by atoms with Gasteiger partial charge in [-0.2, -0.15) is 5.11 Å². The minimum atomic E-state index is 0.187. The fraction of sp³-hybridized carbons (Fsp3) is 0. The van der Waals surface area contributed by atoms with Crippen LogP contribution in [0.4, 0.5) is 5.69 Å². The third kappa shape index (κ3) is 2.04. The molecule has 62 valence electrons. The van der Waals surface area contributed by atoms with Gasteiger partial charge in [0.25, 0.3) is 0 Å². The Hall–Kier alpha value is -0.910. The maximum atomic E-state index is 9.12. The zero-order valence-electron chi connectivity index (χ0n) is 6.16. The highest BCUT2D eigenvalue weighted by molar-refractivity contribution is 14.1. The van der Waals surface area contributed by atoms with E-state index < -0.39 is 0 Å². The van der Waals surface area contributed by atoms with Crippen molar-refractivity contribution in [1.29, 1.82) is 5.53 Å². The van der Waals surface area contributed by atoms with E-state index in [1.165, 1.54) is 6.07 Å². The molecule has 0 fully saturated rings. The highest BCUT2D eigenvalue weighted by Gasteiger charge is 1.98. The van der Waals surface area contributed by atoms with Crippen LogP contribution in [-0.2, 0) is 0 Å². The first-order chi connectivity index (χ1) is 5.77. The van der Waals surface area contributed by atoms with Crippen LogP contribution in [0, 0.1) is 5.53 Å². The van der Waals surface area contributed by atoms with Gasteiger partial charge in [-0.25, -0.2) is 5.53 Å². The molecule has 0 aliphatic carbocycles. The fourth-order valence-corrected chi connectivity index (χ4v) is 1.23. The minimum absolute atomic E-state index is 0.187. The van der Waals surface area contributed by atoms with Crippen molar-refractivity contribution >= 4 is 34.4 Å². The summed E-state index contributed by atoms with van der Waals surface area (Å²) in [7, 11) is 0. The number of phenols is 1. The number of phenolic OH excluding ortho intramolecular Hbond substituents is 1. The molecular formula is C8H7IN2O. The van der Waals surface area contributed by atoms with Gasteiger partial charge in [-0.15, -0.1) is 0 Å². The van der Waals surface area contributed by atoms with Crippen LogP contribution in [-0.4, -0.2) is 5.11 Å². The molecule has 0 heterocycles. The molecular weight excluding hydrogens is 267 g/mol. The molecule has 0 unspecified atom stereocenters. The topological polar surface area (TPSA) is 56.4 Å². The van der Waals surface area contributed by atoms with Crippen LogP contribution < -0.4 is 0 Å². The van der Waals surface area contributed by atoms with Crippen LogP contribution in [0.15, 0.2) is 27.4 Å². The van der Waals surface area contributed by atoms with Crippen LogP contribution in [0.5, 0.6) is 5.75 Å². The van der Waals surface area contributed by atoms with Crippen molar-refractivity contribution in [3.05, 3.63) is 27.8 Å². The molecule has 0 saturated carbocycles. The average molecular weight is 274 g/mol. The SMILES string of the molecule is N=Nc1ccc(O)cc1/C=C\I. The first kappa shape index (κ1) is 9.18. The monoisotopic (exact) mass is 274 g/mol. The van der Waals surface area contributed by atoms with E-state index in [1.54, 1.807) is 22.3 Å². The number of rotatable bonds is 2. The summed E-state index contributed by atoms with van der Waals surface area (Å²) >= 11 is 2.07. The van der Waals surface area contributed by atoms with Crippen molar-refractivity contribution in [3.8, 4) is 5.75 Å². The first-order valence-electron chi connectivity index (χ1n) is 3.25. The van der Waals surface area contributed by atoms with Gasteiger partial charge in [0.05, 0.1) is 5.69 Å². The van der Waals surface area contributed by atoms with Gasteiger partial charge in [-0.1, -0.05) is 22.6 Å². The normalized spacial score (nSPS) is 10.4. The number of nitrogens with zero attached hydrogens (tertiary/aromatic N) is 1. The van der Waals surface area contributed by atoms with E-state index in [2.05, 4.69) is 27.7 Å². The van der Waals surface area contributed by atoms with Crippen LogP contribution in [0.2, 0.25) is 0 Å². The van der Waals surface area contributed by atoms with E-state index >= 15 is 0 Å². The minimum Gasteiger partial charge on any atom is -0.508 e. The second kappa shape index (κ2) is 4.20. The summed E-state index contributed by atoms with van der Waals surface area (Å²) in [5.41, 5.74) is 8.15. The summed E-state index contributed by atoms with van der Waals surface area (Å²) < 4.78 is 1.81.